The minimum Gasteiger partial charge on any atom is -0.363 e. The summed E-state index contributed by atoms with van der Waals surface area (Å²) in [6.07, 6.45) is 1.62. The number of rotatable bonds is 3. The zero-order chi connectivity index (χ0) is 10.6. The van der Waals surface area contributed by atoms with Crippen LogP contribution in [0.1, 0.15) is 12.6 Å². The van der Waals surface area contributed by atoms with Crippen molar-refractivity contribution in [3.63, 3.8) is 0 Å². The van der Waals surface area contributed by atoms with Gasteiger partial charge in [-0.1, -0.05) is 11.6 Å². The van der Waals surface area contributed by atoms with Crippen molar-refractivity contribution in [3.05, 3.63) is 16.9 Å². The SMILES string of the molecule is CCNC(=S)NCc1c(Cl)cnn1C. The van der Waals surface area contributed by atoms with Crippen molar-refractivity contribution in [2.75, 3.05) is 6.54 Å². The van der Waals surface area contributed by atoms with Crippen LogP contribution in [0.25, 0.3) is 0 Å². The number of hydrogen-bond donors (Lipinski definition) is 2. The van der Waals surface area contributed by atoms with E-state index in [1.165, 1.54) is 0 Å². The molecule has 0 aliphatic rings. The molecule has 0 saturated carbocycles. The molecule has 1 rings (SSSR count). The first-order chi connectivity index (χ1) is 6.65. The van der Waals surface area contributed by atoms with Crippen molar-refractivity contribution in [2.45, 2.75) is 13.5 Å². The molecule has 1 aromatic heterocycles. The lowest BCUT2D eigenvalue weighted by molar-refractivity contribution is 0.690. The van der Waals surface area contributed by atoms with Crippen LogP contribution in [0.2, 0.25) is 5.02 Å². The maximum absolute atomic E-state index is 5.92. The van der Waals surface area contributed by atoms with Crippen LogP contribution >= 0.6 is 23.8 Å². The molecule has 0 atom stereocenters. The van der Waals surface area contributed by atoms with Crippen LogP contribution < -0.4 is 10.6 Å². The van der Waals surface area contributed by atoms with Gasteiger partial charge in [-0.3, -0.25) is 4.68 Å². The minimum atomic E-state index is 0.584. The number of nitrogens with one attached hydrogen (secondary N) is 2. The summed E-state index contributed by atoms with van der Waals surface area (Å²) >= 11 is 10.9. The number of nitrogens with zero attached hydrogens (tertiary/aromatic N) is 2. The second-order valence-electron chi connectivity index (χ2n) is 2.78. The van der Waals surface area contributed by atoms with Gasteiger partial charge in [0, 0.05) is 13.6 Å². The Morgan fingerprint density at radius 3 is 2.86 bits per heavy atom. The molecule has 0 aliphatic heterocycles. The molecule has 1 heterocycles. The van der Waals surface area contributed by atoms with Gasteiger partial charge in [0.1, 0.15) is 0 Å². The van der Waals surface area contributed by atoms with Crippen molar-refractivity contribution in [2.24, 2.45) is 7.05 Å². The fraction of sp³-hybridized carbons (Fsp3) is 0.500. The molecule has 0 fully saturated rings. The highest BCUT2D eigenvalue weighted by Crippen LogP contribution is 2.12. The van der Waals surface area contributed by atoms with Gasteiger partial charge in [-0.05, 0) is 19.1 Å². The van der Waals surface area contributed by atoms with Gasteiger partial charge in [0.05, 0.1) is 23.5 Å². The predicted octanol–water partition coefficient (Wildman–Crippen LogP) is 1.06. The second kappa shape index (κ2) is 5.17. The van der Waals surface area contributed by atoms with E-state index in [-0.39, 0.29) is 0 Å². The van der Waals surface area contributed by atoms with Crippen molar-refractivity contribution in [1.82, 2.24) is 20.4 Å². The Morgan fingerprint density at radius 2 is 2.36 bits per heavy atom. The van der Waals surface area contributed by atoms with E-state index >= 15 is 0 Å². The van der Waals surface area contributed by atoms with E-state index in [0.29, 0.717) is 16.7 Å². The van der Waals surface area contributed by atoms with Gasteiger partial charge in [0.15, 0.2) is 5.11 Å². The molecule has 0 unspecified atom stereocenters. The van der Waals surface area contributed by atoms with E-state index in [1.807, 2.05) is 14.0 Å². The predicted molar refractivity (Wildman–Crippen MR) is 61.3 cm³/mol. The lowest BCUT2D eigenvalue weighted by atomic mass is 10.4. The highest BCUT2D eigenvalue weighted by Gasteiger charge is 2.05. The highest BCUT2D eigenvalue weighted by atomic mass is 35.5. The molecule has 1 aromatic rings. The lowest BCUT2D eigenvalue weighted by Crippen LogP contribution is -2.34. The third kappa shape index (κ3) is 2.85. The first-order valence-electron chi connectivity index (χ1n) is 4.33. The van der Waals surface area contributed by atoms with Gasteiger partial charge in [-0.15, -0.1) is 0 Å². The van der Waals surface area contributed by atoms with Crippen LogP contribution in [0.3, 0.4) is 0 Å². The van der Waals surface area contributed by atoms with Gasteiger partial charge in [-0.25, -0.2) is 0 Å². The Bertz CT molecular complexity index is 304. The normalized spacial score (nSPS) is 9.93. The first kappa shape index (κ1) is 11.3. The quantitative estimate of drug-likeness (QED) is 0.765. The Labute approximate surface area is 93.6 Å². The van der Waals surface area contributed by atoms with E-state index in [2.05, 4.69) is 15.7 Å². The zero-order valence-electron chi connectivity index (χ0n) is 8.17. The van der Waals surface area contributed by atoms with E-state index in [4.69, 9.17) is 23.8 Å². The summed E-state index contributed by atoms with van der Waals surface area (Å²) < 4.78 is 1.73. The first-order valence-corrected chi connectivity index (χ1v) is 5.11. The van der Waals surface area contributed by atoms with Crippen LogP contribution in [-0.4, -0.2) is 21.4 Å². The largest absolute Gasteiger partial charge is 0.363 e. The smallest absolute Gasteiger partial charge is 0.166 e. The van der Waals surface area contributed by atoms with E-state index < -0.39 is 0 Å². The van der Waals surface area contributed by atoms with Crippen LogP contribution in [0.15, 0.2) is 6.20 Å². The number of halogens is 1. The summed E-state index contributed by atoms with van der Waals surface area (Å²) in [7, 11) is 1.85. The minimum absolute atomic E-state index is 0.584. The molecular formula is C8H13ClN4S. The molecule has 0 aromatic carbocycles. The monoisotopic (exact) mass is 232 g/mol. The Balaban J connectivity index is 2.49. The molecule has 14 heavy (non-hydrogen) atoms. The van der Waals surface area contributed by atoms with E-state index in [0.717, 1.165) is 12.2 Å². The van der Waals surface area contributed by atoms with Crippen LogP contribution in [-0.2, 0) is 13.6 Å². The van der Waals surface area contributed by atoms with Crippen molar-refractivity contribution >= 4 is 28.9 Å². The summed E-state index contributed by atoms with van der Waals surface area (Å²) in [4.78, 5) is 0. The van der Waals surface area contributed by atoms with Gasteiger partial charge in [-0.2, -0.15) is 5.10 Å². The summed E-state index contributed by atoms with van der Waals surface area (Å²) in [5.74, 6) is 0. The summed E-state index contributed by atoms with van der Waals surface area (Å²) in [5, 5.41) is 11.3. The topological polar surface area (TPSA) is 41.9 Å². The molecule has 0 amide bonds. The maximum Gasteiger partial charge on any atom is 0.166 e. The molecule has 6 heteroatoms. The molecule has 0 bridgehead atoms. The van der Waals surface area contributed by atoms with Gasteiger partial charge in [0.25, 0.3) is 0 Å². The average molecular weight is 233 g/mol. The molecule has 78 valence electrons. The molecule has 0 saturated heterocycles. The van der Waals surface area contributed by atoms with Gasteiger partial charge in [0.2, 0.25) is 0 Å². The van der Waals surface area contributed by atoms with Crippen LogP contribution in [0.4, 0.5) is 0 Å². The fourth-order valence-corrected chi connectivity index (χ4v) is 1.47. The molecule has 2 N–H and O–H groups in total. The average Bonchev–Trinajstić information content (AvgIpc) is 2.44. The highest BCUT2D eigenvalue weighted by molar-refractivity contribution is 7.80. The zero-order valence-corrected chi connectivity index (χ0v) is 9.74. The van der Waals surface area contributed by atoms with Gasteiger partial charge >= 0.3 is 0 Å². The van der Waals surface area contributed by atoms with E-state index in [1.54, 1.807) is 10.9 Å². The third-order valence-electron chi connectivity index (χ3n) is 1.76. The van der Waals surface area contributed by atoms with Crippen molar-refractivity contribution < 1.29 is 0 Å². The molecule has 0 radical (unpaired) electrons. The lowest BCUT2D eigenvalue weighted by Gasteiger charge is -2.08. The Morgan fingerprint density at radius 1 is 1.64 bits per heavy atom. The second-order valence-corrected chi connectivity index (χ2v) is 3.59. The Hall–Kier alpha value is -0.810. The van der Waals surface area contributed by atoms with E-state index in [9.17, 15) is 0 Å². The van der Waals surface area contributed by atoms with Crippen LogP contribution in [0, 0.1) is 0 Å². The number of aromatic nitrogens is 2. The molecule has 4 nitrogen and oxygen atoms in total. The molecule has 0 spiro atoms. The number of thiocarbonyl (C=S) groups is 1. The molecular weight excluding hydrogens is 220 g/mol. The Kier molecular flexibility index (Phi) is 4.16. The third-order valence-corrected chi connectivity index (χ3v) is 2.37. The maximum atomic E-state index is 5.92. The van der Waals surface area contributed by atoms with Crippen molar-refractivity contribution in [3.8, 4) is 0 Å². The standard InChI is InChI=1S/C8H13ClN4S/c1-3-10-8(14)11-5-7-6(9)4-12-13(7)2/h4H,3,5H2,1-2H3,(H2,10,11,14). The van der Waals surface area contributed by atoms with Gasteiger partial charge < -0.3 is 10.6 Å². The summed E-state index contributed by atoms with van der Waals surface area (Å²) in [6, 6.07) is 0. The summed E-state index contributed by atoms with van der Waals surface area (Å²) in [6.45, 7) is 3.39. The molecule has 0 aliphatic carbocycles. The van der Waals surface area contributed by atoms with Crippen molar-refractivity contribution in [1.29, 1.82) is 0 Å². The number of hydrogen-bond acceptors (Lipinski definition) is 2. The summed E-state index contributed by atoms with van der Waals surface area (Å²) in [5.41, 5.74) is 0.923. The fourth-order valence-electron chi connectivity index (χ4n) is 1.02. The number of aryl methyl sites for hydroxylation is 1. The van der Waals surface area contributed by atoms with Crippen LogP contribution in [0.5, 0.6) is 0 Å².